The van der Waals surface area contributed by atoms with Crippen LogP contribution in [0.15, 0.2) is 72.3 Å². The molecule has 8 nitrogen and oxygen atoms in total. The van der Waals surface area contributed by atoms with Crippen molar-refractivity contribution in [1.29, 1.82) is 0 Å². The van der Waals surface area contributed by atoms with Crippen molar-refractivity contribution in [2.45, 2.75) is 19.9 Å². The third kappa shape index (κ3) is 5.14. The van der Waals surface area contributed by atoms with Crippen LogP contribution >= 0.6 is 0 Å². The van der Waals surface area contributed by atoms with Gasteiger partial charge in [-0.25, -0.2) is 0 Å². The SMILES string of the molecule is CCN(CC)c1ccc(N2C(=O)C(=O)/C(=C(\O)c3ccc(OC)c(OC)c3)C2c2ccc(N(C)C)cc2)cc1. The molecule has 0 saturated carbocycles. The van der Waals surface area contributed by atoms with Gasteiger partial charge in [-0.2, -0.15) is 0 Å². The van der Waals surface area contributed by atoms with Gasteiger partial charge in [-0.15, -0.1) is 0 Å². The Morgan fingerprint density at radius 2 is 1.44 bits per heavy atom. The van der Waals surface area contributed by atoms with E-state index in [9.17, 15) is 14.7 Å². The highest BCUT2D eigenvalue weighted by molar-refractivity contribution is 6.51. The van der Waals surface area contributed by atoms with Crippen LogP contribution in [0, 0.1) is 0 Å². The number of hydrogen-bond donors (Lipinski definition) is 1. The highest BCUT2D eigenvalue weighted by atomic mass is 16.5. The van der Waals surface area contributed by atoms with E-state index in [2.05, 4.69) is 18.7 Å². The van der Waals surface area contributed by atoms with E-state index >= 15 is 0 Å². The van der Waals surface area contributed by atoms with Crippen LogP contribution in [0.4, 0.5) is 17.1 Å². The van der Waals surface area contributed by atoms with Gasteiger partial charge < -0.3 is 24.4 Å². The van der Waals surface area contributed by atoms with Gasteiger partial charge in [0, 0.05) is 49.8 Å². The maximum atomic E-state index is 13.5. The van der Waals surface area contributed by atoms with Crippen LogP contribution in [0.3, 0.4) is 0 Å². The Hall–Kier alpha value is -4.46. The van der Waals surface area contributed by atoms with Crippen LogP contribution in [-0.2, 0) is 9.59 Å². The Balaban J connectivity index is 1.88. The van der Waals surface area contributed by atoms with E-state index in [-0.39, 0.29) is 11.3 Å². The summed E-state index contributed by atoms with van der Waals surface area (Å²) in [5.74, 6) is -0.849. The third-order valence-electron chi connectivity index (χ3n) is 7.08. The van der Waals surface area contributed by atoms with Crippen LogP contribution in [-0.4, -0.2) is 58.2 Å². The number of carbonyl (C=O) groups is 2. The Labute approximate surface area is 229 Å². The van der Waals surface area contributed by atoms with Crippen molar-refractivity contribution in [2.75, 3.05) is 56.1 Å². The van der Waals surface area contributed by atoms with Gasteiger partial charge in [0.25, 0.3) is 11.7 Å². The molecule has 1 N–H and O–H groups in total. The molecule has 1 aliphatic heterocycles. The Bertz CT molecular complexity index is 1380. The molecule has 1 fully saturated rings. The van der Waals surface area contributed by atoms with E-state index in [1.165, 1.54) is 19.1 Å². The molecule has 0 spiro atoms. The number of amides is 1. The van der Waals surface area contributed by atoms with Gasteiger partial charge in [-0.1, -0.05) is 12.1 Å². The van der Waals surface area contributed by atoms with Crippen LogP contribution < -0.4 is 24.2 Å². The maximum Gasteiger partial charge on any atom is 0.300 e. The standard InChI is InChI=1S/C31H35N3O5/c1-7-33(8-2)23-14-16-24(17-15-23)34-28(20-9-12-22(13-10-20)32(3)4)27(30(36)31(34)37)29(35)21-11-18-25(38-5)26(19-21)39-6/h9-19,28,35H,7-8H2,1-6H3/b29-27-. The quantitative estimate of drug-likeness (QED) is 0.231. The van der Waals surface area contributed by atoms with Crippen LogP contribution in [0.1, 0.15) is 31.0 Å². The fourth-order valence-electron chi connectivity index (χ4n) is 4.92. The number of anilines is 3. The predicted molar refractivity (Wildman–Crippen MR) is 155 cm³/mol. The maximum absolute atomic E-state index is 13.5. The minimum absolute atomic E-state index is 0.0117. The second kappa shape index (κ2) is 11.5. The average Bonchev–Trinajstić information content (AvgIpc) is 3.23. The summed E-state index contributed by atoms with van der Waals surface area (Å²) in [4.78, 5) is 32.7. The molecule has 0 aliphatic carbocycles. The molecule has 8 heteroatoms. The zero-order valence-electron chi connectivity index (χ0n) is 23.3. The molecule has 1 aliphatic rings. The summed E-state index contributed by atoms with van der Waals surface area (Å²) in [7, 11) is 6.89. The monoisotopic (exact) mass is 529 g/mol. The van der Waals surface area contributed by atoms with E-state index in [0.29, 0.717) is 28.3 Å². The van der Waals surface area contributed by atoms with Gasteiger partial charge in [0.1, 0.15) is 5.76 Å². The zero-order valence-corrected chi connectivity index (χ0v) is 23.3. The number of ketones is 1. The second-order valence-electron chi connectivity index (χ2n) is 9.41. The summed E-state index contributed by atoms with van der Waals surface area (Å²) in [6, 6.07) is 19.2. The lowest BCUT2D eigenvalue weighted by atomic mass is 9.94. The molecule has 1 saturated heterocycles. The lowest BCUT2D eigenvalue weighted by molar-refractivity contribution is -0.132. The summed E-state index contributed by atoms with van der Waals surface area (Å²) < 4.78 is 10.7. The van der Waals surface area contributed by atoms with Crippen molar-refractivity contribution in [3.8, 4) is 11.5 Å². The van der Waals surface area contributed by atoms with E-state index in [0.717, 1.165) is 24.5 Å². The third-order valence-corrected chi connectivity index (χ3v) is 7.08. The fourth-order valence-corrected chi connectivity index (χ4v) is 4.92. The summed E-state index contributed by atoms with van der Waals surface area (Å²) in [5, 5.41) is 11.5. The topological polar surface area (TPSA) is 82.6 Å². The number of ether oxygens (including phenoxy) is 2. The van der Waals surface area contributed by atoms with Crippen molar-refractivity contribution < 1.29 is 24.2 Å². The first kappa shape index (κ1) is 27.6. The number of benzene rings is 3. The van der Waals surface area contributed by atoms with Crippen LogP contribution in [0.25, 0.3) is 5.76 Å². The molecule has 0 bridgehead atoms. The van der Waals surface area contributed by atoms with Crippen molar-refractivity contribution >= 4 is 34.5 Å². The van der Waals surface area contributed by atoms with Crippen molar-refractivity contribution in [3.63, 3.8) is 0 Å². The number of aliphatic hydroxyl groups excluding tert-OH is 1. The number of carbonyl (C=O) groups excluding carboxylic acids is 2. The minimum Gasteiger partial charge on any atom is -0.507 e. The number of nitrogens with zero attached hydrogens (tertiary/aromatic N) is 3. The number of aliphatic hydroxyl groups is 1. The largest absolute Gasteiger partial charge is 0.507 e. The van der Waals surface area contributed by atoms with Crippen molar-refractivity contribution in [1.82, 2.24) is 0 Å². The zero-order chi connectivity index (χ0) is 28.3. The molecule has 1 atom stereocenters. The molecule has 39 heavy (non-hydrogen) atoms. The molecule has 0 aromatic heterocycles. The molecule has 1 unspecified atom stereocenters. The van der Waals surface area contributed by atoms with Gasteiger partial charge in [-0.05, 0) is 74.0 Å². The smallest absolute Gasteiger partial charge is 0.300 e. The van der Waals surface area contributed by atoms with E-state index < -0.39 is 17.7 Å². The molecule has 204 valence electrons. The van der Waals surface area contributed by atoms with Crippen LogP contribution in [0.2, 0.25) is 0 Å². The highest BCUT2D eigenvalue weighted by Gasteiger charge is 2.47. The number of methoxy groups -OCH3 is 2. The second-order valence-corrected chi connectivity index (χ2v) is 9.41. The molecule has 3 aromatic rings. The predicted octanol–water partition coefficient (Wildman–Crippen LogP) is 5.24. The van der Waals surface area contributed by atoms with E-state index in [1.54, 1.807) is 18.2 Å². The van der Waals surface area contributed by atoms with Crippen molar-refractivity contribution in [3.05, 3.63) is 83.4 Å². The molecule has 3 aromatic carbocycles. The molecular weight excluding hydrogens is 494 g/mol. The Morgan fingerprint density at radius 1 is 0.846 bits per heavy atom. The Morgan fingerprint density at radius 3 is 1.97 bits per heavy atom. The highest BCUT2D eigenvalue weighted by Crippen LogP contribution is 2.43. The lowest BCUT2D eigenvalue weighted by Gasteiger charge is -2.27. The summed E-state index contributed by atoms with van der Waals surface area (Å²) in [6.07, 6.45) is 0. The fraction of sp³-hybridized carbons (Fsp3) is 0.290. The number of Topliss-reactive ketones (excluding diaryl/α,β-unsaturated/α-hetero) is 1. The number of rotatable bonds is 9. The summed E-state index contributed by atoms with van der Waals surface area (Å²) in [5.41, 5.74) is 3.63. The molecule has 1 heterocycles. The molecule has 4 rings (SSSR count). The normalized spacial score (nSPS) is 16.4. The van der Waals surface area contributed by atoms with Gasteiger partial charge in [0.15, 0.2) is 11.5 Å². The first-order valence-electron chi connectivity index (χ1n) is 12.9. The Kier molecular flexibility index (Phi) is 8.14. The lowest BCUT2D eigenvalue weighted by Crippen LogP contribution is -2.29. The molecular formula is C31H35N3O5. The summed E-state index contributed by atoms with van der Waals surface area (Å²) in [6.45, 7) is 5.87. The van der Waals surface area contributed by atoms with Gasteiger partial charge in [0.2, 0.25) is 0 Å². The van der Waals surface area contributed by atoms with Crippen LogP contribution in [0.5, 0.6) is 11.5 Å². The summed E-state index contributed by atoms with van der Waals surface area (Å²) >= 11 is 0. The van der Waals surface area contributed by atoms with Gasteiger partial charge in [0.05, 0.1) is 25.8 Å². The van der Waals surface area contributed by atoms with Gasteiger partial charge in [-0.3, -0.25) is 14.5 Å². The first-order valence-corrected chi connectivity index (χ1v) is 12.9. The molecule has 0 radical (unpaired) electrons. The minimum atomic E-state index is -0.825. The van der Waals surface area contributed by atoms with E-state index in [1.807, 2.05) is 67.5 Å². The van der Waals surface area contributed by atoms with Gasteiger partial charge >= 0.3 is 0 Å². The number of hydrogen-bond acceptors (Lipinski definition) is 7. The van der Waals surface area contributed by atoms with Crippen molar-refractivity contribution in [2.24, 2.45) is 0 Å². The van der Waals surface area contributed by atoms with E-state index in [4.69, 9.17) is 9.47 Å². The first-order chi connectivity index (χ1) is 18.7. The average molecular weight is 530 g/mol. The molecule has 1 amide bonds.